The van der Waals surface area contributed by atoms with E-state index in [-0.39, 0.29) is 0 Å². The zero-order valence-corrected chi connectivity index (χ0v) is 13.9. The van der Waals surface area contributed by atoms with Crippen molar-refractivity contribution in [1.29, 1.82) is 0 Å². The van der Waals surface area contributed by atoms with E-state index in [1.54, 1.807) is 14.2 Å². The quantitative estimate of drug-likeness (QED) is 0.470. The van der Waals surface area contributed by atoms with Gasteiger partial charge in [0.25, 0.3) is 0 Å². The van der Waals surface area contributed by atoms with Gasteiger partial charge in [-0.1, -0.05) is 19.8 Å². The van der Waals surface area contributed by atoms with Gasteiger partial charge in [0, 0.05) is 33.9 Å². The minimum absolute atomic E-state index is 0.813. The van der Waals surface area contributed by atoms with Gasteiger partial charge in [0.15, 0.2) is 0 Å². The van der Waals surface area contributed by atoms with Crippen LogP contribution in [0, 0.1) is 5.92 Å². The van der Waals surface area contributed by atoms with Crippen molar-refractivity contribution >= 4 is 0 Å². The predicted molar refractivity (Wildman–Crippen MR) is 86.1 cm³/mol. The molecule has 0 bridgehead atoms. The van der Waals surface area contributed by atoms with Gasteiger partial charge in [-0.15, -0.1) is 0 Å². The number of hydrogen-bond acceptors (Lipinski definition) is 4. The maximum Gasteiger partial charge on any atom is 0.0589 e. The van der Waals surface area contributed by atoms with Gasteiger partial charge in [-0.2, -0.15) is 0 Å². The Balaban J connectivity index is 3.89. The van der Waals surface area contributed by atoms with E-state index in [9.17, 15) is 0 Å². The molecule has 0 saturated heterocycles. The van der Waals surface area contributed by atoms with Crippen LogP contribution in [0.2, 0.25) is 0 Å². The Hall–Kier alpha value is -0.160. The summed E-state index contributed by atoms with van der Waals surface area (Å²) in [5.41, 5.74) is 5.70. The first kappa shape index (κ1) is 19.8. The lowest BCUT2D eigenvalue weighted by Gasteiger charge is -2.23. The van der Waals surface area contributed by atoms with Crippen molar-refractivity contribution < 1.29 is 9.47 Å². The second kappa shape index (κ2) is 15.2. The highest BCUT2D eigenvalue weighted by molar-refractivity contribution is 4.63. The lowest BCUT2D eigenvalue weighted by molar-refractivity contribution is 0.130. The molecule has 2 N–H and O–H groups in total. The average Bonchev–Trinajstić information content (AvgIpc) is 2.44. The van der Waals surface area contributed by atoms with Crippen molar-refractivity contribution in [1.82, 2.24) is 4.90 Å². The van der Waals surface area contributed by atoms with Crippen molar-refractivity contribution in [3.05, 3.63) is 0 Å². The first-order chi connectivity index (χ1) is 9.78. The van der Waals surface area contributed by atoms with Gasteiger partial charge in [0.2, 0.25) is 0 Å². The summed E-state index contributed by atoms with van der Waals surface area (Å²) in [6, 6.07) is 0. The highest BCUT2D eigenvalue weighted by Crippen LogP contribution is 2.17. The summed E-state index contributed by atoms with van der Waals surface area (Å²) >= 11 is 0. The lowest BCUT2D eigenvalue weighted by atomic mass is 9.94. The number of rotatable bonds is 15. The molecule has 122 valence electrons. The smallest absolute Gasteiger partial charge is 0.0589 e. The van der Waals surface area contributed by atoms with Crippen LogP contribution in [-0.2, 0) is 9.47 Å². The van der Waals surface area contributed by atoms with E-state index in [1.807, 2.05) is 0 Å². The third-order valence-electron chi connectivity index (χ3n) is 3.79. The average molecular weight is 288 g/mol. The molecule has 0 aliphatic heterocycles. The Kier molecular flexibility index (Phi) is 15.1. The zero-order valence-electron chi connectivity index (χ0n) is 13.9. The van der Waals surface area contributed by atoms with Gasteiger partial charge in [-0.05, 0) is 44.7 Å². The Bertz CT molecular complexity index is 185. The van der Waals surface area contributed by atoms with Crippen LogP contribution < -0.4 is 5.73 Å². The van der Waals surface area contributed by atoms with Crippen molar-refractivity contribution in [2.75, 3.05) is 53.6 Å². The fourth-order valence-electron chi connectivity index (χ4n) is 2.67. The molecule has 0 amide bonds. The van der Waals surface area contributed by atoms with Crippen molar-refractivity contribution in [3.63, 3.8) is 0 Å². The first-order valence-corrected chi connectivity index (χ1v) is 8.18. The summed E-state index contributed by atoms with van der Waals surface area (Å²) in [6.45, 7) is 8.04. The molecule has 0 fully saturated rings. The van der Waals surface area contributed by atoms with E-state index in [0.29, 0.717) is 0 Å². The molecule has 0 saturated carbocycles. The molecule has 20 heavy (non-hydrogen) atoms. The highest BCUT2D eigenvalue weighted by atomic mass is 16.5. The number of methoxy groups -OCH3 is 2. The van der Waals surface area contributed by atoms with Gasteiger partial charge in [0.05, 0.1) is 6.61 Å². The van der Waals surface area contributed by atoms with Gasteiger partial charge < -0.3 is 20.1 Å². The standard InChI is InChI=1S/C16H36N2O2/c1-4-7-16(9-10-17)8-5-11-18(13-15-20-3)12-6-14-19-2/h16H,4-15,17H2,1-3H3. The molecule has 0 aliphatic rings. The summed E-state index contributed by atoms with van der Waals surface area (Å²) in [5, 5.41) is 0. The van der Waals surface area contributed by atoms with Crippen LogP contribution in [-0.4, -0.2) is 58.5 Å². The Morgan fingerprint density at radius 1 is 0.900 bits per heavy atom. The molecular weight excluding hydrogens is 252 g/mol. The molecule has 0 aliphatic carbocycles. The van der Waals surface area contributed by atoms with Gasteiger partial charge in [0.1, 0.15) is 0 Å². The summed E-state index contributed by atoms with van der Waals surface area (Å²) in [4.78, 5) is 2.49. The molecule has 0 aromatic rings. The minimum Gasteiger partial charge on any atom is -0.385 e. The molecule has 4 nitrogen and oxygen atoms in total. The van der Waals surface area contributed by atoms with Gasteiger partial charge in [-0.25, -0.2) is 0 Å². The van der Waals surface area contributed by atoms with E-state index in [2.05, 4.69) is 11.8 Å². The lowest BCUT2D eigenvalue weighted by Crippen LogP contribution is -2.30. The van der Waals surface area contributed by atoms with E-state index in [4.69, 9.17) is 15.2 Å². The number of hydrogen-bond donors (Lipinski definition) is 1. The molecule has 0 radical (unpaired) electrons. The normalized spacial score (nSPS) is 13.1. The molecule has 0 spiro atoms. The van der Waals surface area contributed by atoms with E-state index >= 15 is 0 Å². The fraction of sp³-hybridized carbons (Fsp3) is 1.00. The molecule has 1 unspecified atom stereocenters. The second-order valence-corrected chi connectivity index (χ2v) is 5.56. The maximum absolute atomic E-state index is 5.70. The molecule has 0 heterocycles. The van der Waals surface area contributed by atoms with Gasteiger partial charge >= 0.3 is 0 Å². The van der Waals surface area contributed by atoms with Crippen LogP contribution in [0.25, 0.3) is 0 Å². The molecule has 0 aromatic heterocycles. The Morgan fingerprint density at radius 3 is 2.20 bits per heavy atom. The molecule has 1 atom stereocenters. The SMILES string of the molecule is CCCC(CCN)CCCN(CCCOC)CCOC. The number of ether oxygens (including phenoxy) is 2. The summed E-state index contributed by atoms with van der Waals surface area (Å²) in [5.74, 6) is 0.813. The van der Waals surface area contributed by atoms with Crippen molar-refractivity contribution in [2.45, 2.75) is 45.4 Å². The number of nitrogens with two attached hydrogens (primary N) is 1. The van der Waals surface area contributed by atoms with E-state index < -0.39 is 0 Å². The Morgan fingerprint density at radius 2 is 1.60 bits per heavy atom. The predicted octanol–water partition coefficient (Wildman–Crippen LogP) is 2.52. The van der Waals surface area contributed by atoms with Crippen LogP contribution in [0.4, 0.5) is 0 Å². The van der Waals surface area contributed by atoms with E-state index in [0.717, 1.165) is 51.7 Å². The van der Waals surface area contributed by atoms with Crippen molar-refractivity contribution in [2.24, 2.45) is 11.7 Å². The molecule has 4 heteroatoms. The largest absolute Gasteiger partial charge is 0.385 e. The molecular formula is C16H36N2O2. The topological polar surface area (TPSA) is 47.7 Å². The van der Waals surface area contributed by atoms with Crippen molar-refractivity contribution in [3.8, 4) is 0 Å². The van der Waals surface area contributed by atoms with E-state index in [1.165, 1.54) is 32.1 Å². The van der Waals surface area contributed by atoms with Gasteiger partial charge in [-0.3, -0.25) is 0 Å². The third kappa shape index (κ3) is 11.6. The van der Waals surface area contributed by atoms with Crippen LogP contribution in [0.15, 0.2) is 0 Å². The third-order valence-corrected chi connectivity index (χ3v) is 3.79. The summed E-state index contributed by atoms with van der Waals surface area (Å²) < 4.78 is 10.3. The van der Waals surface area contributed by atoms with Crippen LogP contribution in [0.1, 0.15) is 45.4 Å². The maximum atomic E-state index is 5.70. The number of nitrogens with zero attached hydrogens (tertiary/aromatic N) is 1. The fourth-order valence-corrected chi connectivity index (χ4v) is 2.67. The first-order valence-electron chi connectivity index (χ1n) is 8.18. The van der Waals surface area contributed by atoms with Crippen LogP contribution >= 0.6 is 0 Å². The highest BCUT2D eigenvalue weighted by Gasteiger charge is 2.09. The second-order valence-electron chi connectivity index (χ2n) is 5.56. The Labute approximate surface area is 126 Å². The summed E-state index contributed by atoms with van der Waals surface area (Å²) in [7, 11) is 3.54. The molecule has 0 aromatic carbocycles. The van der Waals surface area contributed by atoms with Crippen LogP contribution in [0.3, 0.4) is 0 Å². The van der Waals surface area contributed by atoms with Crippen LogP contribution in [0.5, 0.6) is 0 Å². The monoisotopic (exact) mass is 288 g/mol. The zero-order chi connectivity index (χ0) is 15.1. The molecule has 0 rings (SSSR count). The minimum atomic E-state index is 0.813. The summed E-state index contributed by atoms with van der Waals surface area (Å²) in [6.07, 6.45) is 7.43.